The quantitative estimate of drug-likeness (QED) is 0.657. The van der Waals surface area contributed by atoms with Gasteiger partial charge in [-0.3, -0.25) is 14.4 Å². The highest BCUT2D eigenvalue weighted by Crippen LogP contribution is 2.23. The standard InChI is InChI=1S/C22H26N4O3/c23-21(28)17-7-3-15(4-8-17)12-20(27)25-13-16-5-9-19(10-6-16)26-11-1-2-18(14-26)22(24)29/h3-10,18H,1-2,11-14H2,(H2,23,28)(H2,24,29)(H,25,27). The van der Waals surface area contributed by atoms with E-state index < -0.39 is 5.91 Å². The van der Waals surface area contributed by atoms with Crippen molar-refractivity contribution in [2.24, 2.45) is 17.4 Å². The highest BCUT2D eigenvalue weighted by atomic mass is 16.2. The number of nitrogens with two attached hydrogens (primary N) is 2. The normalized spacial score (nSPS) is 16.3. The maximum absolute atomic E-state index is 12.2. The molecule has 0 bridgehead atoms. The molecule has 152 valence electrons. The van der Waals surface area contributed by atoms with Gasteiger partial charge in [-0.05, 0) is 48.2 Å². The van der Waals surface area contributed by atoms with Crippen LogP contribution >= 0.6 is 0 Å². The smallest absolute Gasteiger partial charge is 0.248 e. The summed E-state index contributed by atoms with van der Waals surface area (Å²) in [6.45, 7) is 2.00. The van der Waals surface area contributed by atoms with Crippen molar-refractivity contribution < 1.29 is 14.4 Å². The number of amides is 3. The second-order valence-electron chi connectivity index (χ2n) is 7.37. The van der Waals surface area contributed by atoms with E-state index in [0.29, 0.717) is 18.7 Å². The molecule has 0 aliphatic carbocycles. The van der Waals surface area contributed by atoms with E-state index in [-0.39, 0.29) is 24.2 Å². The van der Waals surface area contributed by atoms with Crippen molar-refractivity contribution in [3.05, 3.63) is 65.2 Å². The first-order valence-electron chi connectivity index (χ1n) is 9.71. The molecule has 1 unspecified atom stereocenters. The number of rotatable bonds is 7. The molecule has 1 aliphatic rings. The minimum absolute atomic E-state index is 0.0961. The summed E-state index contributed by atoms with van der Waals surface area (Å²) in [7, 11) is 0. The summed E-state index contributed by atoms with van der Waals surface area (Å²) < 4.78 is 0. The van der Waals surface area contributed by atoms with Gasteiger partial charge in [-0.25, -0.2) is 0 Å². The molecule has 0 spiro atoms. The fourth-order valence-electron chi connectivity index (χ4n) is 3.50. The molecule has 2 aromatic rings. The van der Waals surface area contributed by atoms with Crippen LogP contribution in [0.2, 0.25) is 0 Å². The first-order chi connectivity index (χ1) is 13.9. The third kappa shape index (κ3) is 5.57. The molecule has 1 atom stereocenters. The Kier molecular flexibility index (Phi) is 6.49. The predicted octanol–water partition coefficient (Wildman–Crippen LogP) is 1.35. The molecular formula is C22H26N4O3. The van der Waals surface area contributed by atoms with E-state index in [9.17, 15) is 14.4 Å². The van der Waals surface area contributed by atoms with E-state index in [4.69, 9.17) is 11.5 Å². The summed E-state index contributed by atoms with van der Waals surface area (Å²) in [5.41, 5.74) is 14.0. The molecule has 29 heavy (non-hydrogen) atoms. The largest absolute Gasteiger partial charge is 0.371 e. The Morgan fingerprint density at radius 3 is 2.24 bits per heavy atom. The lowest BCUT2D eigenvalue weighted by molar-refractivity contribution is -0.122. The van der Waals surface area contributed by atoms with Gasteiger partial charge in [-0.15, -0.1) is 0 Å². The zero-order valence-electron chi connectivity index (χ0n) is 16.3. The summed E-state index contributed by atoms with van der Waals surface area (Å²) in [6, 6.07) is 14.7. The first-order valence-corrected chi connectivity index (χ1v) is 9.71. The first kappa shape index (κ1) is 20.4. The maximum atomic E-state index is 12.2. The number of hydrogen-bond donors (Lipinski definition) is 3. The summed E-state index contributed by atoms with van der Waals surface area (Å²) in [5.74, 6) is -0.918. The number of carbonyl (C=O) groups excluding carboxylic acids is 3. The maximum Gasteiger partial charge on any atom is 0.248 e. The summed E-state index contributed by atoms with van der Waals surface area (Å²) in [5, 5.41) is 2.90. The van der Waals surface area contributed by atoms with Crippen molar-refractivity contribution in [2.45, 2.75) is 25.8 Å². The minimum Gasteiger partial charge on any atom is -0.371 e. The van der Waals surface area contributed by atoms with Crippen LogP contribution in [-0.2, 0) is 22.6 Å². The van der Waals surface area contributed by atoms with Crippen LogP contribution in [0.1, 0.15) is 34.3 Å². The van der Waals surface area contributed by atoms with Gasteiger partial charge >= 0.3 is 0 Å². The summed E-state index contributed by atoms with van der Waals surface area (Å²) >= 11 is 0. The number of piperidine rings is 1. The zero-order valence-corrected chi connectivity index (χ0v) is 16.3. The molecule has 5 N–H and O–H groups in total. The molecule has 7 heteroatoms. The second-order valence-corrected chi connectivity index (χ2v) is 7.37. The Bertz CT molecular complexity index is 878. The monoisotopic (exact) mass is 394 g/mol. The molecule has 1 fully saturated rings. The number of nitrogens with one attached hydrogen (secondary N) is 1. The van der Waals surface area contributed by atoms with Crippen LogP contribution < -0.4 is 21.7 Å². The molecule has 0 saturated carbocycles. The van der Waals surface area contributed by atoms with Gasteiger partial charge < -0.3 is 21.7 Å². The van der Waals surface area contributed by atoms with Crippen molar-refractivity contribution >= 4 is 23.4 Å². The number of hydrogen-bond acceptors (Lipinski definition) is 4. The van der Waals surface area contributed by atoms with Gasteiger partial charge in [0.2, 0.25) is 17.7 Å². The molecule has 3 rings (SSSR count). The van der Waals surface area contributed by atoms with Gasteiger partial charge in [-0.2, -0.15) is 0 Å². The molecular weight excluding hydrogens is 368 g/mol. The Labute approximate surface area is 170 Å². The molecule has 3 amide bonds. The number of primary amides is 2. The van der Waals surface area contributed by atoms with Gasteiger partial charge in [0.1, 0.15) is 0 Å². The fraction of sp³-hybridized carbons (Fsp3) is 0.318. The van der Waals surface area contributed by atoms with Gasteiger partial charge in [0.25, 0.3) is 0 Å². The Hall–Kier alpha value is -3.35. The highest BCUT2D eigenvalue weighted by Gasteiger charge is 2.24. The van der Waals surface area contributed by atoms with E-state index in [1.807, 2.05) is 24.3 Å². The van der Waals surface area contributed by atoms with Crippen LogP contribution in [0.5, 0.6) is 0 Å². The zero-order chi connectivity index (χ0) is 20.8. The fourth-order valence-corrected chi connectivity index (χ4v) is 3.50. The van der Waals surface area contributed by atoms with E-state index in [0.717, 1.165) is 36.2 Å². The molecule has 0 aromatic heterocycles. The summed E-state index contributed by atoms with van der Waals surface area (Å²) in [6.07, 6.45) is 2.03. The predicted molar refractivity (Wildman–Crippen MR) is 111 cm³/mol. The Balaban J connectivity index is 1.50. The third-order valence-corrected chi connectivity index (χ3v) is 5.22. The van der Waals surface area contributed by atoms with E-state index in [1.165, 1.54) is 0 Å². The van der Waals surface area contributed by atoms with Crippen molar-refractivity contribution in [3.63, 3.8) is 0 Å². The average molecular weight is 394 g/mol. The Morgan fingerprint density at radius 2 is 1.62 bits per heavy atom. The van der Waals surface area contributed by atoms with Crippen molar-refractivity contribution in [1.82, 2.24) is 5.32 Å². The van der Waals surface area contributed by atoms with Crippen molar-refractivity contribution in [2.75, 3.05) is 18.0 Å². The molecule has 2 aromatic carbocycles. The lowest BCUT2D eigenvalue weighted by Gasteiger charge is -2.33. The number of carbonyl (C=O) groups is 3. The molecule has 0 radical (unpaired) electrons. The van der Waals surface area contributed by atoms with Crippen molar-refractivity contribution in [3.8, 4) is 0 Å². The summed E-state index contributed by atoms with van der Waals surface area (Å²) in [4.78, 5) is 36.9. The highest BCUT2D eigenvalue weighted by molar-refractivity contribution is 5.92. The average Bonchev–Trinajstić information content (AvgIpc) is 2.73. The molecule has 7 nitrogen and oxygen atoms in total. The Morgan fingerprint density at radius 1 is 0.966 bits per heavy atom. The number of benzene rings is 2. The lowest BCUT2D eigenvalue weighted by atomic mass is 9.97. The number of anilines is 1. The van der Waals surface area contributed by atoms with Gasteiger partial charge in [-0.1, -0.05) is 24.3 Å². The van der Waals surface area contributed by atoms with Crippen molar-refractivity contribution in [1.29, 1.82) is 0 Å². The van der Waals surface area contributed by atoms with Crippen LogP contribution in [0.15, 0.2) is 48.5 Å². The van der Waals surface area contributed by atoms with E-state index in [1.54, 1.807) is 24.3 Å². The SMILES string of the molecule is NC(=O)c1ccc(CC(=O)NCc2ccc(N3CCCC(C(N)=O)C3)cc2)cc1. The molecule has 1 aliphatic heterocycles. The van der Waals surface area contributed by atoms with Gasteiger partial charge in [0, 0.05) is 30.9 Å². The van der Waals surface area contributed by atoms with Crippen LogP contribution in [-0.4, -0.2) is 30.8 Å². The van der Waals surface area contributed by atoms with Crippen LogP contribution in [0.3, 0.4) is 0 Å². The lowest BCUT2D eigenvalue weighted by Crippen LogP contribution is -2.41. The van der Waals surface area contributed by atoms with Gasteiger partial charge in [0.05, 0.1) is 12.3 Å². The van der Waals surface area contributed by atoms with E-state index in [2.05, 4.69) is 10.2 Å². The molecule has 1 heterocycles. The second kappa shape index (κ2) is 9.23. The van der Waals surface area contributed by atoms with Crippen LogP contribution in [0.25, 0.3) is 0 Å². The topological polar surface area (TPSA) is 119 Å². The van der Waals surface area contributed by atoms with E-state index >= 15 is 0 Å². The molecule has 1 saturated heterocycles. The van der Waals surface area contributed by atoms with Crippen LogP contribution in [0, 0.1) is 5.92 Å². The van der Waals surface area contributed by atoms with Gasteiger partial charge in [0.15, 0.2) is 0 Å². The third-order valence-electron chi connectivity index (χ3n) is 5.22. The van der Waals surface area contributed by atoms with Crippen LogP contribution in [0.4, 0.5) is 5.69 Å². The minimum atomic E-state index is -0.487. The number of nitrogens with zero attached hydrogens (tertiary/aromatic N) is 1.